The van der Waals surface area contributed by atoms with E-state index < -0.39 is 0 Å². The molecule has 2 aromatic carbocycles. The summed E-state index contributed by atoms with van der Waals surface area (Å²) in [5.74, 6) is 0.562. The van der Waals surface area contributed by atoms with Crippen LogP contribution in [0.2, 0.25) is 0 Å². The van der Waals surface area contributed by atoms with Crippen molar-refractivity contribution in [3.63, 3.8) is 0 Å². The van der Waals surface area contributed by atoms with Crippen molar-refractivity contribution >= 4 is 5.91 Å². The number of piperidine rings is 1. The minimum atomic E-state index is 0.0367. The number of hydrogen-bond acceptors (Lipinski definition) is 2. The molecule has 1 N–H and O–H groups in total. The molecule has 3 heteroatoms. The third-order valence-corrected chi connectivity index (χ3v) is 5.78. The molecule has 3 nitrogen and oxygen atoms in total. The number of likely N-dealkylation sites (N-methyl/N-ethyl adjacent to an activating group) is 1. The monoisotopic (exact) mass is 364 g/mol. The van der Waals surface area contributed by atoms with E-state index >= 15 is 0 Å². The van der Waals surface area contributed by atoms with E-state index in [1.165, 1.54) is 17.5 Å². The highest BCUT2D eigenvalue weighted by Gasteiger charge is 2.26. The van der Waals surface area contributed by atoms with Crippen LogP contribution >= 0.6 is 0 Å². The quantitative estimate of drug-likeness (QED) is 0.801. The lowest BCUT2D eigenvalue weighted by atomic mass is 9.93. The second-order valence-corrected chi connectivity index (χ2v) is 7.76. The smallest absolute Gasteiger partial charge is 0.251 e. The molecule has 2 unspecified atom stereocenters. The van der Waals surface area contributed by atoms with Crippen LogP contribution in [0.25, 0.3) is 11.1 Å². The SMILES string of the molecule is CCCc1ccc(-c2ccc(C(=O)NC3CN(CC)CCC3C)cc2)cc1. The molecule has 2 atom stereocenters. The lowest BCUT2D eigenvalue weighted by molar-refractivity contribution is 0.0866. The van der Waals surface area contributed by atoms with E-state index in [9.17, 15) is 4.79 Å². The number of amides is 1. The molecule has 1 heterocycles. The third-order valence-electron chi connectivity index (χ3n) is 5.78. The van der Waals surface area contributed by atoms with Gasteiger partial charge in [0, 0.05) is 18.2 Å². The van der Waals surface area contributed by atoms with Crippen LogP contribution in [0.3, 0.4) is 0 Å². The highest BCUT2D eigenvalue weighted by molar-refractivity contribution is 5.94. The second-order valence-electron chi connectivity index (χ2n) is 7.76. The Balaban J connectivity index is 1.64. The van der Waals surface area contributed by atoms with Crippen LogP contribution in [0.15, 0.2) is 48.5 Å². The van der Waals surface area contributed by atoms with Crippen molar-refractivity contribution < 1.29 is 4.79 Å². The molecule has 144 valence electrons. The van der Waals surface area contributed by atoms with Crippen LogP contribution in [0.5, 0.6) is 0 Å². The summed E-state index contributed by atoms with van der Waals surface area (Å²) in [6.07, 6.45) is 3.43. The number of nitrogens with zero attached hydrogens (tertiary/aromatic N) is 1. The predicted octanol–water partition coefficient (Wildman–Crippen LogP) is 4.77. The molecule has 1 aliphatic heterocycles. The highest BCUT2D eigenvalue weighted by atomic mass is 16.1. The average Bonchev–Trinajstić information content (AvgIpc) is 2.70. The first-order chi connectivity index (χ1) is 13.1. The van der Waals surface area contributed by atoms with Gasteiger partial charge in [-0.05, 0) is 60.7 Å². The number of hydrogen-bond donors (Lipinski definition) is 1. The van der Waals surface area contributed by atoms with Gasteiger partial charge in [0.1, 0.15) is 0 Å². The molecular weight excluding hydrogens is 332 g/mol. The molecular formula is C24H32N2O. The Morgan fingerprint density at radius 2 is 1.67 bits per heavy atom. The zero-order valence-corrected chi connectivity index (χ0v) is 16.9. The molecule has 0 spiro atoms. The van der Waals surface area contributed by atoms with Crippen molar-refractivity contribution in [2.75, 3.05) is 19.6 Å². The minimum Gasteiger partial charge on any atom is -0.348 e. The van der Waals surface area contributed by atoms with Crippen molar-refractivity contribution in [1.29, 1.82) is 0 Å². The molecule has 0 radical (unpaired) electrons. The lowest BCUT2D eigenvalue weighted by Crippen LogP contribution is -2.51. The average molecular weight is 365 g/mol. The van der Waals surface area contributed by atoms with Crippen LogP contribution in [0.1, 0.15) is 49.5 Å². The van der Waals surface area contributed by atoms with Crippen molar-refractivity contribution in [3.05, 3.63) is 59.7 Å². The normalized spacial score (nSPS) is 20.4. The zero-order valence-electron chi connectivity index (χ0n) is 16.9. The van der Waals surface area contributed by atoms with E-state index in [4.69, 9.17) is 0 Å². The predicted molar refractivity (Wildman–Crippen MR) is 113 cm³/mol. The summed E-state index contributed by atoms with van der Waals surface area (Å²) in [6.45, 7) is 9.75. The van der Waals surface area contributed by atoms with Crippen molar-refractivity contribution in [3.8, 4) is 11.1 Å². The number of carbonyl (C=O) groups is 1. The summed E-state index contributed by atoms with van der Waals surface area (Å²) in [7, 11) is 0. The van der Waals surface area contributed by atoms with Crippen molar-refractivity contribution in [1.82, 2.24) is 10.2 Å². The van der Waals surface area contributed by atoms with Crippen molar-refractivity contribution in [2.24, 2.45) is 5.92 Å². The minimum absolute atomic E-state index is 0.0367. The molecule has 3 rings (SSSR count). The van der Waals surface area contributed by atoms with Crippen LogP contribution < -0.4 is 5.32 Å². The Morgan fingerprint density at radius 1 is 1.04 bits per heavy atom. The van der Waals surface area contributed by atoms with Gasteiger partial charge in [-0.15, -0.1) is 0 Å². The van der Waals surface area contributed by atoms with Crippen LogP contribution in [-0.2, 0) is 6.42 Å². The van der Waals surface area contributed by atoms with Gasteiger partial charge in [-0.1, -0.05) is 63.6 Å². The summed E-state index contributed by atoms with van der Waals surface area (Å²) >= 11 is 0. The van der Waals surface area contributed by atoms with Gasteiger partial charge in [-0.3, -0.25) is 4.79 Å². The molecule has 1 saturated heterocycles. The molecule has 1 amide bonds. The number of rotatable bonds is 6. The molecule has 0 aromatic heterocycles. The zero-order chi connectivity index (χ0) is 19.2. The molecule has 0 aliphatic carbocycles. The maximum atomic E-state index is 12.7. The van der Waals surface area contributed by atoms with E-state index in [1.54, 1.807) is 0 Å². The van der Waals surface area contributed by atoms with E-state index in [1.807, 2.05) is 24.3 Å². The largest absolute Gasteiger partial charge is 0.348 e. The van der Waals surface area contributed by atoms with E-state index in [2.05, 4.69) is 55.3 Å². The maximum absolute atomic E-state index is 12.7. The Kier molecular flexibility index (Phi) is 6.68. The van der Waals surface area contributed by atoms with Gasteiger partial charge in [0.05, 0.1) is 0 Å². The van der Waals surface area contributed by atoms with E-state index in [0.717, 1.165) is 43.6 Å². The summed E-state index contributed by atoms with van der Waals surface area (Å²) in [4.78, 5) is 15.1. The Hall–Kier alpha value is -2.13. The number of carbonyl (C=O) groups excluding carboxylic acids is 1. The second kappa shape index (κ2) is 9.18. The Morgan fingerprint density at radius 3 is 2.26 bits per heavy atom. The van der Waals surface area contributed by atoms with Gasteiger partial charge < -0.3 is 10.2 Å². The fourth-order valence-electron chi connectivity index (χ4n) is 3.83. The summed E-state index contributed by atoms with van der Waals surface area (Å²) in [5.41, 5.74) is 4.46. The highest BCUT2D eigenvalue weighted by Crippen LogP contribution is 2.22. The van der Waals surface area contributed by atoms with Crippen LogP contribution in [-0.4, -0.2) is 36.5 Å². The lowest BCUT2D eigenvalue weighted by Gasteiger charge is -2.36. The van der Waals surface area contributed by atoms with Crippen LogP contribution in [0, 0.1) is 5.92 Å². The summed E-state index contributed by atoms with van der Waals surface area (Å²) < 4.78 is 0. The summed E-state index contributed by atoms with van der Waals surface area (Å²) in [6, 6.07) is 16.9. The number of benzene rings is 2. The molecule has 2 aromatic rings. The summed E-state index contributed by atoms with van der Waals surface area (Å²) in [5, 5.41) is 3.25. The first kappa shape index (κ1) is 19.6. The van der Waals surface area contributed by atoms with Gasteiger partial charge in [0.25, 0.3) is 5.91 Å². The number of likely N-dealkylation sites (tertiary alicyclic amines) is 1. The Labute approximate surface area is 163 Å². The maximum Gasteiger partial charge on any atom is 0.251 e. The number of nitrogens with one attached hydrogen (secondary N) is 1. The molecule has 0 saturated carbocycles. The van der Waals surface area contributed by atoms with Gasteiger partial charge in [-0.2, -0.15) is 0 Å². The van der Waals surface area contributed by atoms with Crippen LogP contribution in [0.4, 0.5) is 0 Å². The van der Waals surface area contributed by atoms with Gasteiger partial charge in [0.15, 0.2) is 0 Å². The van der Waals surface area contributed by atoms with Crippen molar-refractivity contribution in [2.45, 2.75) is 46.1 Å². The number of aryl methyl sites for hydroxylation is 1. The van der Waals surface area contributed by atoms with E-state index in [-0.39, 0.29) is 11.9 Å². The first-order valence-corrected chi connectivity index (χ1v) is 10.3. The van der Waals surface area contributed by atoms with Gasteiger partial charge in [0.2, 0.25) is 0 Å². The first-order valence-electron chi connectivity index (χ1n) is 10.3. The van der Waals surface area contributed by atoms with Gasteiger partial charge >= 0.3 is 0 Å². The molecule has 1 aliphatic rings. The van der Waals surface area contributed by atoms with Gasteiger partial charge in [-0.25, -0.2) is 0 Å². The molecule has 0 bridgehead atoms. The standard InChI is InChI=1S/C24H32N2O/c1-4-6-19-7-9-20(10-8-19)21-11-13-22(14-12-21)24(27)25-23-17-26(5-2)16-15-18(23)3/h7-14,18,23H,4-6,15-17H2,1-3H3,(H,25,27). The Bertz CT molecular complexity index is 736. The molecule has 1 fully saturated rings. The fraction of sp³-hybridized carbons (Fsp3) is 0.458. The van der Waals surface area contributed by atoms with E-state index in [0.29, 0.717) is 5.92 Å². The molecule has 27 heavy (non-hydrogen) atoms. The third kappa shape index (κ3) is 4.98. The topological polar surface area (TPSA) is 32.3 Å². The fourth-order valence-corrected chi connectivity index (χ4v) is 3.83.